The van der Waals surface area contributed by atoms with Crippen molar-refractivity contribution in [3.05, 3.63) is 17.5 Å². The van der Waals surface area contributed by atoms with Crippen molar-refractivity contribution in [3.8, 4) is 0 Å². The molecule has 112 valence electrons. The monoisotopic (exact) mass is 281 g/mol. The summed E-state index contributed by atoms with van der Waals surface area (Å²) in [6.07, 6.45) is -0.317. The molecular weight excluding hydrogens is 258 g/mol. The van der Waals surface area contributed by atoms with Gasteiger partial charge >= 0.3 is 0 Å². The van der Waals surface area contributed by atoms with E-state index in [4.69, 9.17) is 4.74 Å². The molecule has 6 heteroatoms. The van der Waals surface area contributed by atoms with Crippen molar-refractivity contribution in [1.29, 1.82) is 0 Å². The molecule has 0 aliphatic carbocycles. The minimum absolute atomic E-state index is 0.00558. The molecule has 0 spiro atoms. The number of aliphatic hydroxyl groups excluding tert-OH is 1. The predicted octanol–water partition coefficient (Wildman–Crippen LogP) is 0.498. The Bertz CT molecular complexity index is 496. The van der Waals surface area contributed by atoms with Gasteiger partial charge in [-0.25, -0.2) is 0 Å². The van der Waals surface area contributed by atoms with Crippen molar-refractivity contribution < 1.29 is 14.6 Å². The van der Waals surface area contributed by atoms with Gasteiger partial charge in [-0.2, -0.15) is 5.10 Å². The molecule has 1 aliphatic rings. The van der Waals surface area contributed by atoms with E-state index in [0.29, 0.717) is 13.1 Å². The Kier molecular flexibility index (Phi) is 4.15. The topological polar surface area (TPSA) is 67.6 Å². The maximum atomic E-state index is 12.4. The number of morpholine rings is 1. The van der Waals surface area contributed by atoms with Gasteiger partial charge in [0.2, 0.25) is 5.91 Å². The van der Waals surface area contributed by atoms with Crippen molar-refractivity contribution in [2.75, 3.05) is 19.7 Å². The number of nitrogens with zero attached hydrogens (tertiary/aromatic N) is 3. The molecule has 1 fully saturated rings. The first kappa shape index (κ1) is 15.0. The van der Waals surface area contributed by atoms with Gasteiger partial charge in [0.15, 0.2) is 0 Å². The third-order valence-corrected chi connectivity index (χ3v) is 3.43. The van der Waals surface area contributed by atoms with Crippen LogP contribution in [0.25, 0.3) is 0 Å². The molecular formula is C14H23N3O3. The fourth-order valence-electron chi connectivity index (χ4n) is 2.64. The average molecular weight is 281 g/mol. The Balaban J connectivity index is 2.06. The van der Waals surface area contributed by atoms with Crippen LogP contribution in [0.3, 0.4) is 0 Å². The summed E-state index contributed by atoms with van der Waals surface area (Å²) in [5, 5.41) is 13.6. The van der Waals surface area contributed by atoms with Crippen LogP contribution in [-0.4, -0.2) is 57.1 Å². The van der Waals surface area contributed by atoms with E-state index in [9.17, 15) is 9.90 Å². The van der Waals surface area contributed by atoms with Gasteiger partial charge in [0.1, 0.15) is 6.54 Å². The largest absolute Gasteiger partial charge is 0.394 e. The maximum absolute atomic E-state index is 12.4. The van der Waals surface area contributed by atoms with Crippen molar-refractivity contribution in [1.82, 2.24) is 14.7 Å². The number of carbonyl (C=O) groups is 1. The lowest BCUT2D eigenvalue weighted by Crippen LogP contribution is -2.56. The smallest absolute Gasteiger partial charge is 0.244 e. The van der Waals surface area contributed by atoms with Crippen molar-refractivity contribution in [3.63, 3.8) is 0 Å². The second-order valence-corrected chi connectivity index (χ2v) is 6.04. The average Bonchev–Trinajstić information content (AvgIpc) is 2.65. The Morgan fingerprint density at radius 2 is 2.25 bits per heavy atom. The van der Waals surface area contributed by atoms with Crippen LogP contribution in [0.1, 0.15) is 25.2 Å². The third-order valence-electron chi connectivity index (χ3n) is 3.43. The molecule has 1 amide bonds. The molecule has 2 heterocycles. The van der Waals surface area contributed by atoms with Crippen LogP contribution in [0.15, 0.2) is 6.07 Å². The van der Waals surface area contributed by atoms with Crippen LogP contribution >= 0.6 is 0 Å². The van der Waals surface area contributed by atoms with E-state index in [1.54, 1.807) is 9.58 Å². The standard InChI is InChI=1S/C14H23N3O3/c1-10-5-11(2)17(15-10)7-13(19)16-6-12(8-18)20-14(3,4)9-16/h5,12,18H,6-9H2,1-4H3. The molecule has 0 saturated carbocycles. The van der Waals surface area contributed by atoms with Crippen molar-refractivity contribution in [2.45, 2.75) is 45.9 Å². The minimum atomic E-state index is -0.434. The Morgan fingerprint density at radius 1 is 1.55 bits per heavy atom. The van der Waals surface area contributed by atoms with Gasteiger partial charge in [-0.1, -0.05) is 0 Å². The van der Waals surface area contributed by atoms with E-state index in [1.165, 1.54) is 0 Å². The van der Waals surface area contributed by atoms with Gasteiger partial charge in [-0.05, 0) is 33.8 Å². The number of hydrogen-bond donors (Lipinski definition) is 1. The van der Waals surface area contributed by atoms with E-state index >= 15 is 0 Å². The first-order valence-corrected chi connectivity index (χ1v) is 6.88. The number of aromatic nitrogens is 2. The molecule has 1 N–H and O–H groups in total. The van der Waals surface area contributed by atoms with Crippen LogP contribution in [0.4, 0.5) is 0 Å². The molecule has 0 aromatic carbocycles. The zero-order valence-corrected chi connectivity index (χ0v) is 12.6. The lowest BCUT2D eigenvalue weighted by Gasteiger charge is -2.42. The van der Waals surface area contributed by atoms with Crippen LogP contribution in [0.5, 0.6) is 0 Å². The number of amides is 1. The molecule has 1 aromatic rings. The molecule has 1 aromatic heterocycles. The Hall–Kier alpha value is -1.40. The second-order valence-electron chi connectivity index (χ2n) is 6.04. The fraction of sp³-hybridized carbons (Fsp3) is 0.714. The summed E-state index contributed by atoms with van der Waals surface area (Å²) in [6, 6.07) is 1.95. The SMILES string of the molecule is Cc1cc(C)n(CC(=O)N2CC(CO)OC(C)(C)C2)n1. The highest BCUT2D eigenvalue weighted by Gasteiger charge is 2.35. The van der Waals surface area contributed by atoms with Crippen LogP contribution in [0, 0.1) is 13.8 Å². The summed E-state index contributed by atoms with van der Waals surface area (Å²) < 4.78 is 7.43. The zero-order valence-electron chi connectivity index (χ0n) is 12.6. The summed E-state index contributed by atoms with van der Waals surface area (Å²) in [7, 11) is 0. The summed E-state index contributed by atoms with van der Waals surface area (Å²) in [5.41, 5.74) is 1.45. The van der Waals surface area contributed by atoms with E-state index in [1.807, 2.05) is 33.8 Å². The molecule has 6 nitrogen and oxygen atoms in total. The van der Waals surface area contributed by atoms with E-state index in [-0.39, 0.29) is 25.2 Å². The lowest BCUT2D eigenvalue weighted by atomic mass is 10.1. The van der Waals surface area contributed by atoms with Crippen LogP contribution in [-0.2, 0) is 16.1 Å². The quantitative estimate of drug-likeness (QED) is 0.876. The van der Waals surface area contributed by atoms with E-state index in [0.717, 1.165) is 11.4 Å². The van der Waals surface area contributed by atoms with E-state index < -0.39 is 5.60 Å². The van der Waals surface area contributed by atoms with Gasteiger partial charge in [-0.15, -0.1) is 0 Å². The zero-order chi connectivity index (χ0) is 14.9. The molecule has 0 radical (unpaired) electrons. The summed E-state index contributed by atoms with van der Waals surface area (Å²) >= 11 is 0. The van der Waals surface area contributed by atoms with Gasteiger partial charge in [0.05, 0.1) is 24.0 Å². The highest BCUT2D eigenvalue weighted by molar-refractivity contribution is 5.76. The molecule has 1 aliphatic heterocycles. The summed E-state index contributed by atoms with van der Waals surface area (Å²) in [4.78, 5) is 14.2. The molecule has 20 heavy (non-hydrogen) atoms. The lowest BCUT2D eigenvalue weighted by molar-refractivity contribution is -0.167. The molecule has 2 rings (SSSR count). The number of rotatable bonds is 3. The molecule has 1 saturated heterocycles. The molecule has 1 atom stereocenters. The highest BCUT2D eigenvalue weighted by Crippen LogP contribution is 2.21. The number of aryl methyl sites for hydroxylation is 2. The van der Waals surface area contributed by atoms with Gasteiger partial charge in [-0.3, -0.25) is 9.48 Å². The van der Waals surface area contributed by atoms with Gasteiger partial charge in [0.25, 0.3) is 0 Å². The van der Waals surface area contributed by atoms with Gasteiger partial charge in [0, 0.05) is 18.8 Å². The highest BCUT2D eigenvalue weighted by atomic mass is 16.5. The summed E-state index contributed by atoms with van der Waals surface area (Å²) in [5.74, 6) is 0.00558. The van der Waals surface area contributed by atoms with E-state index in [2.05, 4.69) is 5.10 Å². The number of ether oxygens (including phenoxy) is 1. The Morgan fingerprint density at radius 3 is 2.80 bits per heavy atom. The first-order chi connectivity index (χ1) is 9.30. The fourth-order valence-corrected chi connectivity index (χ4v) is 2.64. The Labute approximate surface area is 119 Å². The minimum Gasteiger partial charge on any atom is -0.394 e. The number of aliphatic hydroxyl groups is 1. The summed E-state index contributed by atoms with van der Waals surface area (Å²) in [6.45, 7) is 8.82. The van der Waals surface area contributed by atoms with Crippen molar-refractivity contribution in [2.24, 2.45) is 0 Å². The first-order valence-electron chi connectivity index (χ1n) is 6.88. The molecule has 0 bridgehead atoms. The van der Waals surface area contributed by atoms with Gasteiger partial charge < -0.3 is 14.7 Å². The predicted molar refractivity (Wildman–Crippen MR) is 74.3 cm³/mol. The molecule has 1 unspecified atom stereocenters. The van der Waals surface area contributed by atoms with Crippen molar-refractivity contribution >= 4 is 5.91 Å². The number of hydrogen-bond acceptors (Lipinski definition) is 4. The normalized spacial score (nSPS) is 22.1. The van der Waals surface area contributed by atoms with Crippen LogP contribution < -0.4 is 0 Å². The number of carbonyl (C=O) groups excluding carboxylic acids is 1. The maximum Gasteiger partial charge on any atom is 0.244 e. The van der Waals surface area contributed by atoms with Crippen LogP contribution in [0.2, 0.25) is 0 Å². The second kappa shape index (κ2) is 5.54. The third kappa shape index (κ3) is 3.37.